The summed E-state index contributed by atoms with van der Waals surface area (Å²) in [7, 11) is 1.63. The number of halogens is 1. The molecule has 116 valence electrons. The Bertz CT molecular complexity index is 516. The Morgan fingerprint density at radius 3 is 2.38 bits per heavy atom. The molecular formula is C15H21FN2O3. The van der Waals surface area contributed by atoms with Gasteiger partial charge in [0, 0.05) is 13.1 Å². The molecule has 1 aromatic carbocycles. The lowest BCUT2D eigenvalue weighted by molar-refractivity contribution is -0.131. The molecule has 1 rings (SSSR count). The fourth-order valence-electron chi connectivity index (χ4n) is 2.03. The van der Waals surface area contributed by atoms with Gasteiger partial charge < -0.3 is 10.0 Å². The topological polar surface area (TPSA) is 60.9 Å². The number of benzene rings is 1. The first-order valence-electron chi connectivity index (χ1n) is 6.87. The van der Waals surface area contributed by atoms with Gasteiger partial charge in [0.25, 0.3) is 0 Å². The zero-order chi connectivity index (χ0) is 16.0. The Kier molecular flexibility index (Phi) is 6.30. The normalized spacial score (nSPS) is 10.7. The maximum Gasteiger partial charge on any atom is 0.236 e. The second-order valence-corrected chi connectivity index (χ2v) is 4.82. The molecule has 21 heavy (non-hydrogen) atoms. The van der Waals surface area contributed by atoms with E-state index in [1.165, 1.54) is 0 Å². The molecule has 0 unspecified atom stereocenters. The Morgan fingerprint density at radius 1 is 1.19 bits per heavy atom. The van der Waals surface area contributed by atoms with Crippen molar-refractivity contribution in [2.75, 3.05) is 33.2 Å². The molecule has 0 fully saturated rings. The number of amides is 1. The van der Waals surface area contributed by atoms with Gasteiger partial charge in [0.15, 0.2) is 5.78 Å². The van der Waals surface area contributed by atoms with Gasteiger partial charge in [-0.3, -0.25) is 14.5 Å². The van der Waals surface area contributed by atoms with Gasteiger partial charge in [-0.05, 0) is 39.1 Å². The van der Waals surface area contributed by atoms with Gasteiger partial charge in [-0.15, -0.1) is 0 Å². The Hall–Kier alpha value is -1.95. The average molecular weight is 296 g/mol. The predicted octanol–water partition coefficient (Wildman–Crippen LogP) is 1.51. The molecule has 0 atom stereocenters. The molecule has 0 heterocycles. The minimum atomic E-state index is -0.585. The maximum absolute atomic E-state index is 13.1. The molecule has 1 N–H and O–H groups in total. The standard InChI is InChI=1S/C15H21FN2O3/c1-4-18(5-2)15(21)10-17(3)9-14(20)12-8-11(16)6-7-13(12)19/h6-8,19H,4-5,9-10H2,1-3H3. The number of ketones is 1. The molecule has 5 nitrogen and oxygen atoms in total. The smallest absolute Gasteiger partial charge is 0.236 e. The highest BCUT2D eigenvalue weighted by molar-refractivity contribution is 6.00. The van der Waals surface area contributed by atoms with Crippen molar-refractivity contribution < 1.29 is 19.1 Å². The van der Waals surface area contributed by atoms with E-state index in [4.69, 9.17) is 0 Å². The second-order valence-electron chi connectivity index (χ2n) is 4.82. The van der Waals surface area contributed by atoms with Gasteiger partial charge in [0.2, 0.25) is 5.91 Å². The van der Waals surface area contributed by atoms with Crippen molar-refractivity contribution in [1.82, 2.24) is 9.80 Å². The lowest BCUT2D eigenvalue weighted by Gasteiger charge is -2.22. The van der Waals surface area contributed by atoms with E-state index in [2.05, 4.69) is 0 Å². The molecule has 0 saturated heterocycles. The summed E-state index contributed by atoms with van der Waals surface area (Å²) in [5, 5.41) is 9.58. The van der Waals surface area contributed by atoms with Crippen molar-refractivity contribution in [3.63, 3.8) is 0 Å². The number of phenolic OH excluding ortho intramolecular Hbond substituents is 1. The molecule has 0 radical (unpaired) electrons. The Balaban J connectivity index is 2.66. The lowest BCUT2D eigenvalue weighted by Crippen LogP contribution is -2.40. The number of likely N-dealkylation sites (N-methyl/N-ethyl adjacent to an activating group) is 2. The van der Waals surface area contributed by atoms with Gasteiger partial charge in [-0.1, -0.05) is 0 Å². The van der Waals surface area contributed by atoms with Crippen molar-refractivity contribution >= 4 is 11.7 Å². The quantitative estimate of drug-likeness (QED) is 0.775. The SMILES string of the molecule is CCN(CC)C(=O)CN(C)CC(=O)c1cc(F)ccc1O. The number of phenols is 1. The van der Waals surface area contributed by atoms with Gasteiger partial charge in [-0.25, -0.2) is 4.39 Å². The molecular weight excluding hydrogens is 275 g/mol. The maximum atomic E-state index is 13.1. The first-order valence-corrected chi connectivity index (χ1v) is 6.87. The second kappa shape index (κ2) is 7.73. The van der Waals surface area contributed by atoms with Gasteiger partial charge in [0.1, 0.15) is 11.6 Å². The van der Waals surface area contributed by atoms with E-state index in [1.54, 1.807) is 16.8 Å². The number of hydrogen-bond acceptors (Lipinski definition) is 4. The number of carbonyl (C=O) groups is 2. The van der Waals surface area contributed by atoms with Crippen molar-refractivity contribution in [1.29, 1.82) is 0 Å². The van der Waals surface area contributed by atoms with E-state index in [0.717, 1.165) is 18.2 Å². The Morgan fingerprint density at radius 2 is 1.81 bits per heavy atom. The third-order valence-electron chi connectivity index (χ3n) is 3.19. The average Bonchev–Trinajstić information content (AvgIpc) is 2.42. The van der Waals surface area contributed by atoms with Crippen LogP contribution in [0.1, 0.15) is 24.2 Å². The molecule has 6 heteroatoms. The summed E-state index contributed by atoms with van der Waals surface area (Å²) in [5.74, 6) is -1.34. The number of aromatic hydroxyl groups is 1. The molecule has 0 saturated carbocycles. The van der Waals surface area contributed by atoms with Crippen molar-refractivity contribution in [3.05, 3.63) is 29.6 Å². The summed E-state index contributed by atoms with van der Waals surface area (Å²) in [5.41, 5.74) is -0.0721. The lowest BCUT2D eigenvalue weighted by atomic mass is 10.1. The zero-order valence-electron chi connectivity index (χ0n) is 12.6. The van der Waals surface area contributed by atoms with E-state index >= 15 is 0 Å². The van der Waals surface area contributed by atoms with Crippen LogP contribution in [0.25, 0.3) is 0 Å². The van der Waals surface area contributed by atoms with Gasteiger partial charge in [-0.2, -0.15) is 0 Å². The first-order chi connectivity index (χ1) is 9.88. The van der Waals surface area contributed by atoms with Gasteiger partial charge in [0.05, 0.1) is 18.7 Å². The third-order valence-corrected chi connectivity index (χ3v) is 3.19. The van der Waals surface area contributed by atoms with Crippen LogP contribution in [0.2, 0.25) is 0 Å². The van der Waals surface area contributed by atoms with E-state index < -0.39 is 11.6 Å². The van der Waals surface area contributed by atoms with Crippen LogP contribution in [0.3, 0.4) is 0 Å². The fourth-order valence-corrected chi connectivity index (χ4v) is 2.03. The van der Waals surface area contributed by atoms with Crippen LogP contribution in [0.4, 0.5) is 4.39 Å². The third kappa shape index (κ3) is 4.82. The first kappa shape index (κ1) is 17.1. The molecule has 0 aliphatic heterocycles. The summed E-state index contributed by atoms with van der Waals surface area (Å²) in [6.45, 7) is 5.03. The molecule has 1 aromatic rings. The summed E-state index contributed by atoms with van der Waals surface area (Å²) >= 11 is 0. The van der Waals surface area contributed by atoms with Crippen LogP contribution in [0, 0.1) is 5.82 Å². The Labute approximate surface area is 124 Å². The number of rotatable bonds is 7. The zero-order valence-corrected chi connectivity index (χ0v) is 12.6. The summed E-state index contributed by atoms with van der Waals surface area (Å²) in [4.78, 5) is 27.2. The number of hydrogen-bond donors (Lipinski definition) is 1. The predicted molar refractivity (Wildman–Crippen MR) is 77.8 cm³/mol. The van der Waals surface area contributed by atoms with E-state index in [9.17, 15) is 19.1 Å². The van der Waals surface area contributed by atoms with Crippen molar-refractivity contribution in [2.24, 2.45) is 0 Å². The van der Waals surface area contributed by atoms with E-state index in [1.807, 2.05) is 13.8 Å². The molecule has 1 amide bonds. The summed E-state index contributed by atoms with van der Waals surface area (Å²) in [6, 6.07) is 3.22. The molecule has 0 aliphatic carbocycles. The van der Waals surface area contributed by atoms with Crippen LogP contribution < -0.4 is 0 Å². The highest BCUT2D eigenvalue weighted by atomic mass is 19.1. The van der Waals surface area contributed by atoms with Crippen LogP contribution in [-0.2, 0) is 4.79 Å². The number of carbonyl (C=O) groups excluding carboxylic acids is 2. The molecule has 0 bridgehead atoms. The van der Waals surface area contributed by atoms with Crippen LogP contribution >= 0.6 is 0 Å². The molecule has 0 aliphatic rings. The minimum absolute atomic E-state index is 0.0655. The largest absolute Gasteiger partial charge is 0.507 e. The highest BCUT2D eigenvalue weighted by Crippen LogP contribution is 2.18. The van der Waals surface area contributed by atoms with E-state index in [-0.39, 0.29) is 30.3 Å². The van der Waals surface area contributed by atoms with Crippen LogP contribution in [-0.4, -0.2) is 59.8 Å². The van der Waals surface area contributed by atoms with Crippen molar-refractivity contribution in [3.8, 4) is 5.75 Å². The van der Waals surface area contributed by atoms with E-state index in [0.29, 0.717) is 13.1 Å². The molecule has 0 spiro atoms. The number of Topliss-reactive ketones (excluding diaryl/α,β-unsaturated/α-hetero) is 1. The summed E-state index contributed by atoms with van der Waals surface area (Å²) in [6.07, 6.45) is 0. The van der Waals surface area contributed by atoms with Crippen molar-refractivity contribution in [2.45, 2.75) is 13.8 Å². The molecule has 0 aromatic heterocycles. The monoisotopic (exact) mass is 296 g/mol. The minimum Gasteiger partial charge on any atom is -0.507 e. The highest BCUT2D eigenvalue weighted by Gasteiger charge is 2.17. The van der Waals surface area contributed by atoms with Gasteiger partial charge >= 0.3 is 0 Å². The van der Waals surface area contributed by atoms with Crippen LogP contribution in [0.15, 0.2) is 18.2 Å². The fraction of sp³-hybridized carbons (Fsp3) is 0.467. The summed E-state index contributed by atoms with van der Waals surface area (Å²) < 4.78 is 13.1. The van der Waals surface area contributed by atoms with Crippen LogP contribution in [0.5, 0.6) is 5.75 Å². The number of nitrogens with zero attached hydrogens (tertiary/aromatic N) is 2.